The Bertz CT molecular complexity index is 242. The number of alkyl halides is 2. The largest absolute Gasteiger partial charge is 0.391 e. The van der Waals surface area contributed by atoms with E-state index in [1.807, 2.05) is 0 Å². The highest BCUT2D eigenvalue weighted by Crippen LogP contribution is 2.05. The number of carbonyl (C=O) groups excluding carboxylic acids is 3. The van der Waals surface area contributed by atoms with Crippen LogP contribution < -0.4 is 5.73 Å². The zero-order chi connectivity index (χ0) is 11.1. The van der Waals surface area contributed by atoms with Crippen molar-refractivity contribution in [2.45, 2.75) is 17.7 Å². The van der Waals surface area contributed by atoms with Crippen LogP contribution in [0.3, 0.4) is 0 Å². The zero-order valence-electron chi connectivity index (χ0n) is 7.16. The van der Waals surface area contributed by atoms with Gasteiger partial charge in [-0.1, -0.05) is 23.2 Å². The number of nitrogens with two attached hydrogens (primary N) is 1. The maximum Gasteiger partial charge on any atom is 0.347 e. The molecule has 0 aliphatic heterocycles. The van der Waals surface area contributed by atoms with Crippen LogP contribution in [0, 0.1) is 0 Å². The summed E-state index contributed by atoms with van der Waals surface area (Å²) < 4.78 is 4.17. The van der Waals surface area contributed by atoms with E-state index in [0.717, 1.165) is 0 Å². The lowest BCUT2D eigenvalue weighted by Gasteiger charge is -2.01. The molecule has 0 atom stereocenters. The first-order valence-electron chi connectivity index (χ1n) is 3.71. The van der Waals surface area contributed by atoms with Crippen molar-refractivity contribution in [1.29, 1.82) is 0 Å². The SMILES string of the molecule is NCC(=O)CCC(=O)OC(=O)C(Cl)Cl. The minimum atomic E-state index is -1.40. The van der Waals surface area contributed by atoms with Gasteiger partial charge in [-0.2, -0.15) is 0 Å². The molecule has 14 heavy (non-hydrogen) atoms. The molecule has 0 aliphatic carbocycles. The number of halogens is 2. The van der Waals surface area contributed by atoms with Gasteiger partial charge in [-0.15, -0.1) is 0 Å². The van der Waals surface area contributed by atoms with Gasteiger partial charge in [-0.25, -0.2) is 4.79 Å². The maximum atomic E-state index is 10.8. The molecule has 0 heterocycles. The Morgan fingerprint density at radius 1 is 1.21 bits per heavy atom. The molecule has 7 heteroatoms. The van der Waals surface area contributed by atoms with E-state index in [1.165, 1.54) is 0 Å². The third-order valence-corrected chi connectivity index (χ3v) is 1.58. The Kier molecular flexibility index (Phi) is 6.44. The second kappa shape index (κ2) is 6.75. The molecule has 0 spiro atoms. The molecule has 0 unspecified atom stereocenters. The van der Waals surface area contributed by atoms with E-state index in [2.05, 4.69) is 4.74 Å². The van der Waals surface area contributed by atoms with Gasteiger partial charge >= 0.3 is 11.9 Å². The van der Waals surface area contributed by atoms with E-state index in [0.29, 0.717) is 0 Å². The van der Waals surface area contributed by atoms with Crippen LogP contribution in [0.5, 0.6) is 0 Å². The summed E-state index contributed by atoms with van der Waals surface area (Å²) in [6, 6.07) is 0. The lowest BCUT2D eigenvalue weighted by atomic mass is 10.2. The van der Waals surface area contributed by atoms with Crippen molar-refractivity contribution >= 4 is 40.9 Å². The number of rotatable bonds is 5. The minimum absolute atomic E-state index is 0.0577. The first kappa shape index (κ1) is 13.4. The van der Waals surface area contributed by atoms with Crippen molar-refractivity contribution in [3.63, 3.8) is 0 Å². The number of carbonyl (C=O) groups is 3. The number of ketones is 1. The standard InChI is InChI=1S/C7H9Cl2NO4/c8-6(9)7(13)14-5(12)2-1-4(11)3-10/h6H,1-3,10H2. The van der Waals surface area contributed by atoms with Crippen molar-refractivity contribution in [3.8, 4) is 0 Å². The average Bonchev–Trinajstić information content (AvgIpc) is 2.13. The predicted molar refractivity (Wildman–Crippen MR) is 49.9 cm³/mol. The average molecular weight is 242 g/mol. The van der Waals surface area contributed by atoms with Gasteiger partial charge in [0.15, 0.2) is 0 Å². The van der Waals surface area contributed by atoms with Gasteiger partial charge in [0.2, 0.25) is 4.84 Å². The third kappa shape index (κ3) is 5.90. The molecule has 0 aromatic heterocycles. The van der Waals surface area contributed by atoms with Gasteiger partial charge in [0.25, 0.3) is 0 Å². The van der Waals surface area contributed by atoms with Crippen molar-refractivity contribution in [2.24, 2.45) is 5.73 Å². The highest BCUT2D eigenvalue weighted by molar-refractivity contribution is 6.53. The first-order valence-corrected chi connectivity index (χ1v) is 4.59. The molecular weight excluding hydrogens is 233 g/mol. The van der Waals surface area contributed by atoms with Crippen molar-refractivity contribution < 1.29 is 19.1 Å². The van der Waals surface area contributed by atoms with Gasteiger partial charge < -0.3 is 10.5 Å². The molecule has 5 nitrogen and oxygen atoms in total. The fourth-order valence-electron chi connectivity index (χ4n) is 0.551. The van der Waals surface area contributed by atoms with Crippen molar-refractivity contribution in [3.05, 3.63) is 0 Å². The lowest BCUT2D eigenvalue weighted by molar-refractivity contribution is -0.158. The molecule has 0 amide bonds. The second-order valence-corrected chi connectivity index (χ2v) is 3.43. The summed E-state index contributed by atoms with van der Waals surface area (Å²) in [5.41, 5.74) is 5.00. The number of Topliss-reactive ketones (excluding diaryl/α,β-unsaturated/α-hetero) is 1. The normalized spacial score (nSPS) is 10.0. The van der Waals surface area contributed by atoms with Gasteiger partial charge in [-0.3, -0.25) is 9.59 Å². The summed E-state index contributed by atoms with van der Waals surface area (Å²) >= 11 is 10.2. The van der Waals surface area contributed by atoms with Crippen LogP contribution in [-0.4, -0.2) is 29.1 Å². The van der Waals surface area contributed by atoms with Gasteiger partial charge in [0.05, 0.1) is 13.0 Å². The monoisotopic (exact) mass is 241 g/mol. The van der Waals surface area contributed by atoms with Crippen LogP contribution in [0.25, 0.3) is 0 Å². The first-order chi connectivity index (χ1) is 6.47. The highest BCUT2D eigenvalue weighted by Gasteiger charge is 2.17. The molecule has 0 radical (unpaired) electrons. The molecule has 0 aromatic rings. The van der Waals surface area contributed by atoms with E-state index in [-0.39, 0.29) is 25.2 Å². The van der Waals surface area contributed by atoms with Crippen LogP contribution in [0.1, 0.15) is 12.8 Å². The Labute approximate surface area is 90.5 Å². The number of hydrogen-bond donors (Lipinski definition) is 1. The van der Waals surface area contributed by atoms with Crippen molar-refractivity contribution in [2.75, 3.05) is 6.54 Å². The number of hydrogen-bond acceptors (Lipinski definition) is 5. The molecule has 0 saturated carbocycles. The fraction of sp³-hybridized carbons (Fsp3) is 0.571. The van der Waals surface area contributed by atoms with Gasteiger partial charge in [0, 0.05) is 6.42 Å². The van der Waals surface area contributed by atoms with E-state index < -0.39 is 16.8 Å². The summed E-state index contributed by atoms with van der Waals surface area (Å²) in [5.74, 6) is -2.18. The predicted octanol–water partition coefficient (Wildman–Crippen LogP) is 0.168. The lowest BCUT2D eigenvalue weighted by Crippen LogP contribution is -2.20. The quantitative estimate of drug-likeness (QED) is 0.421. The Hall–Kier alpha value is -0.650. The smallest absolute Gasteiger partial charge is 0.347 e. The second-order valence-electron chi connectivity index (χ2n) is 2.34. The maximum absolute atomic E-state index is 10.8. The van der Waals surface area contributed by atoms with Crippen molar-refractivity contribution in [1.82, 2.24) is 0 Å². The molecule has 2 N–H and O–H groups in total. The van der Waals surface area contributed by atoms with Crippen LogP contribution in [0.4, 0.5) is 0 Å². The minimum Gasteiger partial charge on any atom is -0.391 e. The zero-order valence-corrected chi connectivity index (χ0v) is 8.68. The summed E-state index contributed by atoms with van der Waals surface area (Å²) in [6.07, 6.45) is -0.264. The molecule has 0 saturated heterocycles. The fourth-order valence-corrected chi connectivity index (χ4v) is 0.640. The van der Waals surface area contributed by atoms with E-state index in [4.69, 9.17) is 28.9 Å². The van der Waals surface area contributed by atoms with E-state index in [1.54, 1.807) is 0 Å². The van der Waals surface area contributed by atoms with Crippen LogP contribution in [0.2, 0.25) is 0 Å². The van der Waals surface area contributed by atoms with E-state index in [9.17, 15) is 14.4 Å². The molecule has 0 rings (SSSR count). The van der Waals surface area contributed by atoms with Gasteiger partial charge in [-0.05, 0) is 0 Å². The topological polar surface area (TPSA) is 86.5 Å². The molecule has 0 aromatic carbocycles. The highest BCUT2D eigenvalue weighted by atomic mass is 35.5. The number of ether oxygens (including phenoxy) is 1. The van der Waals surface area contributed by atoms with Crippen LogP contribution >= 0.6 is 23.2 Å². The molecule has 80 valence electrons. The molecular formula is C7H9Cl2NO4. The van der Waals surface area contributed by atoms with Crippen LogP contribution in [-0.2, 0) is 19.1 Å². The molecule has 0 bridgehead atoms. The summed E-state index contributed by atoms with van der Waals surface area (Å²) in [7, 11) is 0. The van der Waals surface area contributed by atoms with E-state index >= 15 is 0 Å². The summed E-state index contributed by atoms with van der Waals surface area (Å²) in [5, 5.41) is 0. The number of esters is 2. The molecule has 0 fully saturated rings. The summed E-state index contributed by atoms with van der Waals surface area (Å²) in [4.78, 5) is 30.7. The third-order valence-electron chi connectivity index (χ3n) is 1.23. The Balaban J connectivity index is 3.77. The Morgan fingerprint density at radius 3 is 2.21 bits per heavy atom. The van der Waals surface area contributed by atoms with Gasteiger partial charge in [0.1, 0.15) is 5.78 Å². The summed E-state index contributed by atoms with van der Waals surface area (Å²) in [6.45, 7) is -0.144. The molecule has 0 aliphatic rings. The Morgan fingerprint density at radius 2 is 1.79 bits per heavy atom. The van der Waals surface area contributed by atoms with Crippen LogP contribution in [0.15, 0.2) is 0 Å².